The van der Waals surface area contributed by atoms with Crippen LogP contribution in [-0.4, -0.2) is 65.3 Å². The molecular formula is C27H41NO8. The van der Waals surface area contributed by atoms with Gasteiger partial charge in [-0.15, -0.1) is 0 Å². The SMILES string of the molecule is CCCC(=O)N[C@H]1C(O)O[C@H](COC(=O)C(C)c2ccc(CC(C)C)cc2)[C@@H](OC(=O)C(C)C)[C@@H]1O. The normalized spacial score (nSPS) is 24.9. The third kappa shape index (κ3) is 8.28. The Morgan fingerprint density at radius 3 is 2.22 bits per heavy atom. The lowest BCUT2D eigenvalue weighted by Crippen LogP contribution is -2.65. The Kier molecular flexibility index (Phi) is 11.3. The molecule has 0 saturated carbocycles. The lowest BCUT2D eigenvalue weighted by atomic mass is 9.95. The Morgan fingerprint density at radius 2 is 1.67 bits per heavy atom. The zero-order valence-corrected chi connectivity index (χ0v) is 22.1. The standard InChI is InChI=1S/C27H41NO8/c1-7-8-21(29)28-22-23(30)24(36-25(31)16(4)5)20(35-27(22)33)14-34-26(32)17(6)19-11-9-18(10-12-19)13-15(2)3/h9-12,15-17,20,22-24,27,30,33H,7-8,13-14H2,1-6H3,(H,28,29)/t17?,20-,22-,23-,24-,27?/m1/s1. The summed E-state index contributed by atoms with van der Waals surface area (Å²) in [5.74, 6) is -2.02. The number of amides is 1. The zero-order chi connectivity index (χ0) is 27.0. The molecule has 1 aromatic rings. The van der Waals surface area contributed by atoms with Crippen molar-refractivity contribution in [2.75, 3.05) is 6.61 Å². The summed E-state index contributed by atoms with van der Waals surface area (Å²) in [6, 6.07) is 6.56. The second-order valence-electron chi connectivity index (χ2n) is 10.1. The number of hydrogen-bond acceptors (Lipinski definition) is 8. The first kappa shape index (κ1) is 29.7. The number of esters is 2. The van der Waals surface area contributed by atoms with Crippen LogP contribution in [-0.2, 0) is 35.0 Å². The highest BCUT2D eigenvalue weighted by molar-refractivity contribution is 5.78. The van der Waals surface area contributed by atoms with Crippen molar-refractivity contribution in [3.05, 3.63) is 35.4 Å². The van der Waals surface area contributed by atoms with Crippen LogP contribution in [0.4, 0.5) is 0 Å². The lowest BCUT2D eigenvalue weighted by molar-refractivity contribution is -0.262. The third-order valence-electron chi connectivity index (χ3n) is 6.09. The van der Waals surface area contributed by atoms with E-state index in [1.807, 2.05) is 31.2 Å². The van der Waals surface area contributed by atoms with Crippen molar-refractivity contribution in [2.45, 2.75) is 97.4 Å². The molecule has 0 radical (unpaired) electrons. The average Bonchev–Trinajstić information content (AvgIpc) is 2.81. The van der Waals surface area contributed by atoms with Crippen molar-refractivity contribution >= 4 is 17.8 Å². The minimum absolute atomic E-state index is 0.198. The number of carbonyl (C=O) groups is 3. The van der Waals surface area contributed by atoms with Crippen molar-refractivity contribution in [3.8, 4) is 0 Å². The third-order valence-corrected chi connectivity index (χ3v) is 6.09. The fourth-order valence-electron chi connectivity index (χ4n) is 3.96. The maximum absolute atomic E-state index is 12.8. The van der Waals surface area contributed by atoms with Gasteiger partial charge in [0.25, 0.3) is 0 Å². The monoisotopic (exact) mass is 507 g/mol. The summed E-state index contributed by atoms with van der Waals surface area (Å²) >= 11 is 0. The molecule has 1 aliphatic heterocycles. The number of carbonyl (C=O) groups excluding carboxylic acids is 3. The van der Waals surface area contributed by atoms with E-state index in [2.05, 4.69) is 19.2 Å². The molecule has 0 spiro atoms. The number of benzene rings is 1. The number of nitrogens with one attached hydrogen (secondary N) is 1. The van der Waals surface area contributed by atoms with Gasteiger partial charge in [0, 0.05) is 6.42 Å². The Balaban J connectivity index is 2.09. The first-order valence-electron chi connectivity index (χ1n) is 12.7. The topological polar surface area (TPSA) is 131 Å². The highest BCUT2D eigenvalue weighted by Crippen LogP contribution is 2.25. The summed E-state index contributed by atoms with van der Waals surface area (Å²) in [5, 5.41) is 23.9. The van der Waals surface area contributed by atoms with Gasteiger partial charge in [-0.2, -0.15) is 0 Å². The van der Waals surface area contributed by atoms with Gasteiger partial charge in [-0.25, -0.2) is 0 Å². The minimum Gasteiger partial charge on any atom is -0.462 e. The summed E-state index contributed by atoms with van der Waals surface area (Å²) in [5.41, 5.74) is 1.97. The number of ether oxygens (including phenoxy) is 3. The van der Waals surface area contributed by atoms with Gasteiger partial charge in [0.2, 0.25) is 5.91 Å². The smallest absolute Gasteiger partial charge is 0.313 e. The van der Waals surface area contributed by atoms with E-state index in [1.165, 1.54) is 5.56 Å². The Labute approximate surface area is 213 Å². The molecule has 9 nitrogen and oxygen atoms in total. The number of aliphatic hydroxyl groups excluding tert-OH is 2. The fourth-order valence-corrected chi connectivity index (χ4v) is 3.96. The van der Waals surface area contributed by atoms with E-state index in [-0.39, 0.29) is 18.9 Å². The van der Waals surface area contributed by atoms with E-state index < -0.39 is 54.4 Å². The van der Waals surface area contributed by atoms with Gasteiger partial charge in [0.05, 0.1) is 11.8 Å². The average molecular weight is 508 g/mol. The Morgan fingerprint density at radius 1 is 1.03 bits per heavy atom. The summed E-state index contributed by atoms with van der Waals surface area (Å²) in [4.78, 5) is 37.1. The largest absolute Gasteiger partial charge is 0.462 e. The Hall–Kier alpha value is -2.49. The summed E-state index contributed by atoms with van der Waals surface area (Å²) in [6.45, 7) is 10.7. The molecule has 1 saturated heterocycles. The molecule has 2 unspecified atom stereocenters. The first-order valence-corrected chi connectivity index (χ1v) is 12.7. The van der Waals surface area contributed by atoms with Crippen LogP contribution in [0.2, 0.25) is 0 Å². The molecule has 36 heavy (non-hydrogen) atoms. The molecule has 9 heteroatoms. The molecule has 1 aromatic carbocycles. The van der Waals surface area contributed by atoms with Crippen LogP contribution in [0.15, 0.2) is 24.3 Å². The molecule has 1 heterocycles. The lowest BCUT2D eigenvalue weighted by Gasteiger charge is -2.42. The van der Waals surface area contributed by atoms with Crippen LogP contribution >= 0.6 is 0 Å². The molecule has 1 amide bonds. The first-order chi connectivity index (χ1) is 16.9. The van der Waals surface area contributed by atoms with Gasteiger partial charge in [-0.1, -0.05) is 58.9 Å². The van der Waals surface area contributed by atoms with Crippen molar-refractivity contribution < 1.29 is 38.8 Å². The van der Waals surface area contributed by atoms with Gasteiger partial charge in [0.1, 0.15) is 24.9 Å². The summed E-state index contributed by atoms with van der Waals surface area (Å²) in [7, 11) is 0. The van der Waals surface area contributed by atoms with Crippen LogP contribution in [0, 0.1) is 11.8 Å². The van der Waals surface area contributed by atoms with E-state index in [1.54, 1.807) is 20.8 Å². The van der Waals surface area contributed by atoms with Crippen LogP contribution < -0.4 is 5.32 Å². The van der Waals surface area contributed by atoms with Gasteiger partial charge >= 0.3 is 11.9 Å². The predicted molar refractivity (Wildman–Crippen MR) is 133 cm³/mol. The highest BCUT2D eigenvalue weighted by atomic mass is 16.7. The highest BCUT2D eigenvalue weighted by Gasteiger charge is 2.48. The summed E-state index contributed by atoms with van der Waals surface area (Å²) < 4.78 is 16.5. The molecule has 0 aromatic heterocycles. The molecule has 0 aliphatic carbocycles. The fraction of sp³-hybridized carbons (Fsp3) is 0.667. The molecule has 3 N–H and O–H groups in total. The summed E-state index contributed by atoms with van der Waals surface area (Å²) in [6.07, 6.45) is -3.70. The van der Waals surface area contributed by atoms with Crippen molar-refractivity contribution in [2.24, 2.45) is 11.8 Å². The van der Waals surface area contributed by atoms with E-state index in [4.69, 9.17) is 14.2 Å². The van der Waals surface area contributed by atoms with Crippen molar-refractivity contribution in [1.82, 2.24) is 5.32 Å². The number of aliphatic hydroxyl groups is 2. The quantitative estimate of drug-likeness (QED) is 0.389. The minimum atomic E-state index is -1.58. The second-order valence-corrected chi connectivity index (χ2v) is 10.1. The maximum atomic E-state index is 12.8. The molecular weight excluding hydrogens is 466 g/mol. The Bertz CT molecular complexity index is 869. The zero-order valence-electron chi connectivity index (χ0n) is 22.1. The molecule has 202 valence electrons. The van der Waals surface area contributed by atoms with Crippen LogP contribution in [0.25, 0.3) is 0 Å². The molecule has 0 bridgehead atoms. The van der Waals surface area contributed by atoms with E-state index in [9.17, 15) is 24.6 Å². The van der Waals surface area contributed by atoms with Crippen molar-refractivity contribution in [3.63, 3.8) is 0 Å². The van der Waals surface area contributed by atoms with E-state index in [0.717, 1.165) is 12.0 Å². The number of hydrogen-bond donors (Lipinski definition) is 3. The van der Waals surface area contributed by atoms with E-state index in [0.29, 0.717) is 12.3 Å². The van der Waals surface area contributed by atoms with E-state index >= 15 is 0 Å². The van der Waals surface area contributed by atoms with Crippen LogP contribution in [0.1, 0.15) is 71.4 Å². The second kappa shape index (κ2) is 13.7. The van der Waals surface area contributed by atoms with Gasteiger partial charge in [-0.05, 0) is 36.8 Å². The van der Waals surface area contributed by atoms with Crippen LogP contribution in [0.5, 0.6) is 0 Å². The maximum Gasteiger partial charge on any atom is 0.313 e. The van der Waals surface area contributed by atoms with Gasteiger partial charge in [-0.3, -0.25) is 14.4 Å². The van der Waals surface area contributed by atoms with Crippen LogP contribution in [0.3, 0.4) is 0 Å². The van der Waals surface area contributed by atoms with Gasteiger partial charge < -0.3 is 29.7 Å². The number of rotatable bonds is 11. The molecule has 6 atom stereocenters. The van der Waals surface area contributed by atoms with Crippen molar-refractivity contribution in [1.29, 1.82) is 0 Å². The predicted octanol–water partition coefficient (Wildman–Crippen LogP) is 2.46. The molecule has 1 aliphatic rings. The molecule has 2 rings (SSSR count). The molecule has 1 fully saturated rings. The van der Waals surface area contributed by atoms with Gasteiger partial charge in [0.15, 0.2) is 12.4 Å².